The van der Waals surface area contributed by atoms with Gasteiger partial charge in [-0.15, -0.1) is 0 Å². The normalized spacial score (nSPS) is 11.9. The number of halogens is 5. The van der Waals surface area contributed by atoms with Crippen molar-refractivity contribution in [2.45, 2.75) is 92.5 Å². The number of rotatable bonds is 16. The first kappa shape index (κ1) is 55.2. The van der Waals surface area contributed by atoms with Gasteiger partial charge >= 0.3 is 11.6 Å². The molecule has 0 spiro atoms. The molecule has 0 fully saturated rings. The molecule has 384 valence electrons. The highest BCUT2D eigenvalue weighted by Crippen LogP contribution is 2.37. The largest absolute Gasteiger partial charge is 0.478 e. The Hall–Kier alpha value is -7.11. The molecule has 2 atom stereocenters. The van der Waals surface area contributed by atoms with Gasteiger partial charge < -0.3 is 30.1 Å². The molecule has 6 aromatic heterocycles. The third-order valence-electron chi connectivity index (χ3n) is 11.4. The summed E-state index contributed by atoms with van der Waals surface area (Å²) in [4.78, 5) is 27.1. The van der Waals surface area contributed by atoms with Crippen LogP contribution in [0.2, 0.25) is 0 Å². The summed E-state index contributed by atoms with van der Waals surface area (Å²) in [6, 6.07) is 11.4. The second kappa shape index (κ2) is 24.5. The molecule has 0 amide bonds. The van der Waals surface area contributed by atoms with Gasteiger partial charge in [-0.2, -0.15) is 24.8 Å². The van der Waals surface area contributed by atoms with Crippen LogP contribution >= 0.6 is 31.9 Å². The molecule has 0 saturated carbocycles. The summed E-state index contributed by atoms with van der Waals surface area (Å²) in [5.41, 5.74) is 10.4. The Morgan fingerprint density at radius 3 is 1.53 bits per heavy atom. The van der Waals surface area contributed by atoms with E-state index in [4.69, 9.17) is 4.74 Å². The molecule has 73 heavy (non-hydrogen) atoms. The molecule has 6 heterocycles. The number of aryl methyl sites for hydroxylation is 6. The first-order valence-electron chi connectivity index (χ1n) is 23.1. The van der Waals surface area contributed by atoms with E-state index in [2.05, 4.69) is 89.2 Å². The molecule has 1 N–H and O–H groups in total. The SMILES string of the molecule is CCc1nn(CC)cc1Cc1cn(C)nc1-c1ccc(F)cc1[C@@H](C)O.CCc1nn(CC)cc1Cc1cn(C)nc1-c1ccc(F)cc1[C@@H](C)Oc1cc(Br)cnc1[N+](=O)[O-].O=[N+]([O-])c1ncc(Br)cc1F. The maximum absolute atomic E-state index is 14.4. The molecule has 0 bridgehead atoms. The standard InChI is InChI=1S/C25H26BrFN6O3.C20H25FN4O.C5H2BrFN2O2/c1-5-22-16(14-32(6-2)29-22)9-17-13-31(4)30-24(17)20-8-7-19(27)11-21(20)15(3)36-23-10-18(26)12-28-25(23)33(34)35;1-5-19-14(12-25(6-2)22-19)9-15-11-24(4)23-20(15)17-8-7-16(21)10-18(17)13(3)26;6-3-1-4(7)5(8-2-3)9(10)11/h7-8,10-15H,5-6,9H2,1-4H3;7-8,10-13,26H,5-6,9H2,1-4H3;1-2H/t15-;13-;/m11./s1. The van der Waals surface area contributed by atoms with Crippen LogP contribution in [0.25, 0.3) is 22.5 Å². The van der Waals surface area contributed by atoms with Gasteiger partial charge in [0.15, 0.2) is 12.4 Å². The van der Waals surface area contributed by atoms with Gasteiger partial charge in [-0.25, -0.2) is 8.78 Å². The van der Waals surface area contributed by atoms with Gasteiger partial charge in [0.2, 0.25) is 11.6 Å². The molecule has 0 saturated heterocycles. The monoisotopic (exact) mass is 1130 g/mol. The molecule has 0 unspecified atom stereocenters. The summed E-state index contributed by atoms with van der Waals surface area (Å²) in [5.74, 6) is -2.93. The summed E-state index contributed by atoms with van der Waals surface area (Å²) in [7, 11) is 3.71. The highest BCUT2D eigenvalue weighted by molar-refractivity contribution is 9.10. The second-order valence-electron chi connectivity index (χ2n) is 16.7. The van der Waals surface area contributed by atoms with Crippen molar-refractivity contribution in [2.75, 3.05) is 0 Å². The van der Waals surface area contributed by atoms with E-state index in [9.17, 15) is 38.5 Å². The third-order valence-corrected chi connectivity index (χ3v) is 12.3. The second-order valence-corrected chi connectivity index (χ2v) is 18.5. The van der Waals surface area contributed by atoms with Crippen molar-refractivity contribution in [3.63, 3.8) is 0 Å². The van der Waals surface area contributed by atoms with Crippen LogP contribution in [0.4, 0.5) is 24.8 Å². The van der Waals surface area contributed by atoms with Gasteiger partial charge in [0.1, 0.15) is 17.7 Å². The number of aliphatic hydroxyl groups is 1. The van der Waals surface area contributed by atoms with Crippen molar-refractivity contribution in [3.8, 4) is 28.3 Å². The van der Waals surface area contributed by atoms with Crippen molar-refractivity contribution >= 4 is 43.5 Å². The van der Waals surface area contributed by atoms with Crippen LogP contribution in [0.1, 0.15) is 98.5 Å². The Balaban J connectivity index is 0.000000204. The summed E-state index contributed by atoms with van der Waals surface area (Å²) in [6.07, 6.45) is 12.0. The van der Waals surface area contributed by atoms with E-state index < -0.39 is 45.3 Å². The number of benzene rings is 2. The number of nitro groups is 2. The van der Waals surface area contributed by atoms with E-state index in [1.807, 2.05) is 49.0 Å². The van der Waals surface area contributed by atoms with E-state index >= 15 is 0 Å². The maximum atomic E-state index is 14.4. The fourth-order valence-corrected chi connectivity index (χ4v) is 8.64. The molecule has 8 aromatic rings. The van der Waals surface area contributed by atoms with Gasteiger partial charge in [0, 0.05) is 105 Å². The molecule has 0 radical (unpaired) electrons. The van der Waals surface area contributed by atoms with Crippen molar-refractivity contribution < 1.29 is 32.9 Å². The Morgan fingerprint density at radius 1 is 0.644 bits per heavy atom. The van der Waals surface area contributed by atoms with E-state index in [1.165, 1.54) is 48.3 Å². The van der Waals surface area contributed by atoms with Gasteiger partial charge in [-0.1, -0.05) is 13.8 Å². The van der Waals surface area contributed by atoms with Crippen LogP contribution in [0.15, 0.2) is 94.7 Å². The number of pyridine rings is 2. The number of aromatic nitrogens is 10. The summed E-state index contributed by atoms with van der Waals surface area (Å²) in [6.45, 7) is 13.2. The zero-order valence-electron chi connectivity index (χ0n) is 41.2. The van der Waals surface area contributed by atoms with Crippen LogP contribution < -0.4 is 4.74 Å². The molecular weight excluding hydrogens is 1080 g/mol. The smallest absolute Gasteiger partial charge is 0.406 e. The van der Waals surface area contributed by atoms with Gasteiger partial charge in [-0.05, 0) is 145 Å². The average molecular weight is 1130 g/mol. The number of ether oxygens (including phenoxy) is 1. The Kier molecular flexibility index (Phi) is 18.6. The zero-order valence-corrected chi connectivity index (χ0v) is 44.4. The Bertz CT molecular complexity index is 3250. The Labute approximate surface area is 435 Å². The molecule has 8 rings (SSSR count). The first-order valence-corrected chi connectivity index (χ1v) is 24.7. The average Bonchev–Trinajstić information content (AvgIpc) is 4.13. The quantitative estimate of drug-likeness (QED) is 0.0707. The van der Waals surface area contributed by atoms with E-state index in [-0.39, 0.29) is 11.6 Å². The summed E-state index contributed by atoms with van der Waals surface area (Å²) >= 11 is 6.19. The maximum Gasteiger partial charge on any atom is 0.406 e. The minimum atomic E-state index is -0.940. The summed E-state index contributed by atoms with van der Waals surface area (Å²) in [5, 5.41) is 50.1. The molecule has 18 nitrogen and oxygen atoms in total. The Morgan fingerprint density at radius 2 is 1.10 bits per heavy atom. The number of nitrogens with zero attached hydrogens (tertiary/aromatic N) is 12. The van der Waals surface area contributed by atoms with Gasteiger partial charge in [0.25, 0.3) is 0 Å². The van der Waals surface area contributed by atoms with Crippen molar-refractivity contribution in [2.24, 2.45) is 14.1 Å². The summed E-state index contributed by atoms with van der Waals surface area (Å²) < 4.78 is 54.9. The molecule has 2 aromatic carbocycles. The number of hydrogen-bond acceptors (Lipinski definition) is 12. The lowest BCUT2D eigenvalue weighted by atomic mass is 9.95. The van der Waals surface area contributed by atoms with Crippen LogP contribution in [0.3, 0.4) is 0 Å². The van der Waals surface area contributed by atoms with E-state index in [1.54, 1.807) is 35.3 Å². The fraction of sp³-hybridized carbons (Fsp3) is 0.320. The van der Waals surface area contributed by atoms with Crippen LogP contribution in [0, 0.1) is 37.7 Å². The molecule has 0 aliphatic rings. The fourth-order valence-electron chi connectivity index (χ4n) is 8.03. The number of hydrogen-bond donors (Lipinski definition) is 1. The predicted molar refractivity (Wildman–Crippen MR) is 274 cm³/mol. The van der Waals surface area contributed by atoms with Gasteiger partial charge in [-0.3, -0.25) is 18.7 Å². The van der Waals surface area contributed by atoms with Crippen LogP contribution in [-0.2, 0) is 52.9 Å². The molecule has 23 heteroatoms. The third kappa shape index (κ3) is 13.7. The molecule has 0 aliphatic carbocycles. The highest BCUT2D eigenvalue weighted by Gasteiger charge is 2.25. The van der Waals surface area contributed by atoms with Crippen LogP contribution in [-0.4, -0.2) is 64.0 Å². The lowest BCUT2D eigenvalue weighted by molar-refractivity contribution is -0.392. The van der Waals surface area contributed by atoms with Crippen molar-refractivity contribution in [1.82, 2.24) is 49.1 Å². The molecule has 0 aliphatic heterocycles. The van der Waals surface area contributed by atoms with Crippen LogP contribution in [0.5, 0.6) is 5.75 Å². The minimum Gasteiger partial charge on any atom is -0.478 e. The van der Waals surface area contributed by atoms with E-state index in [0.29, 0.717) is 44.2 Å². The lowest BCUT2D eigenvalue weighted by Gasteiger charge is -2.18. The molecular formula is C50H53Br2F3N12O6. The predicted octanol–water partition coefficient (Wildman–Crippen LogP) is 11.3. The zero-order chi connectivity index (χ0) is 53.3. The van der Waals surface area contributed by atoms with E-state index in [0.717, 1.165) is 71.3 Å². The first-order chi connectivity index (χ1) is 34.7. The lowest BCUT2D eigenvalue weighted by Crippen LogP contribution is -2.08. The highest BCUT2D eigenvalue weighted by atomic mass is 79.9. The minimum absolute atomic E-state index is 0.0158. The topological polar surface area (TPSA) is 213 Å². The van der Waals surface area contributed by atoms with Crippen molar-refractivity contribution in [1.29, 1.82) is 0 Å². The number of aliphatic hydroxyl groups excluding tert-OH is 1. The van der Waals surface area contributed by atoms with Gasteiger partial charge in [0.05, 0.1) is 37.8 Å². The van der Waals surface area contributed by atoms with Crippen molar-refractivity contribution in [3.05, 3.63) is 177 Å².